The van der Waals surface area contributed by atoms with E-state index in [-0.39, 0.29) is 29.7 Å². The van der Waals surface area contributed by atoms with Crippen molar-refractivity contribution in [2.45, 2.75) is 6.92 Å². The Morgan fingerprint density at radius 1 is 1.08 bits per heavy atom. The molecule has 2 rings (SSSR count). The standard InChI is InChI=1S/C18H19FN2O4/c1-11(22)12-5-4-6-13(7-12)21-18(23)10-20-15-9-17(25-3)16(24-2)8-14(15)19/h4-9,20H,10H2,1-3H3,(H,21,23). The zero-order valence-corrected chi connectivity index (χ0v) is 14.2. The smallest absolute Gasteiger partial charge is 0.243 e. The lowest BCUT2D eigenvalue weighted by molar-refractivity contribution is -0.114. The van der Waals surface area contributed by atoms with Gasteiger partial charge in [0.15, 0.2) is 17.3 Å². The minimum Gasteiger partial charge on any atom is -0.493 e. The number of Topliss-reactive ketones (excluding diaryl/α,β-unsaturated/α-hetero) is 1. The van der Waals surface area contributed by atoms with Crippen molar-refractivity contribution < 1.29 is 23.5 Å². The Bertz CT molecular complexity index is 793. The van der Waals surface area contributed by atoms with Crippen LogP contribution in [0.2, 0.25) is 0 Å². The second kappa shape index (κ2) is 8.14. The van der Waals surface area contributed by atoms with Gasteiger partial charge in [-0.15, -0.1) is 0 Å². The van der Waals surface area contributed by atoms with Gasteiger partial charge in [0.2, 0.25) is 5.91 Å². The van der Waals surface area contributed by atoms with Crippen molar-refractivity contribution >= 4 is 23.1 Å². The predicted molar refractivity (Wildman–Crippen MR) is 93.1 cm³/mol. The summed E-state index contributed by atoms with van der Waals surface area (Å²) in [6, 6.07) is 9.18. The zero-order valence-electron chi connectivity index (χ0n) is 14.2. The first kappa shape index (κ1) is 18.3. The normalized spacial score (nSPS) is 10.1. The monoisotopic (exact) mass is 346 g/mol. The fourth-order valence-electron chi connectivity index (χ4n) is 2.19. The molecule has 6 nitrogen and oxygen atoms in total. The lowest BCUT2D eigenvalue weighted by Gasteiger charge is -2.13. The molecular formula is C18H19FN2O4. The Morgan fingerprint density at radius 3 is 2.40 bits per heavy atom. The molecule has 0 atom stereocenters. The fraction of sp³-hybridized carbons (Fsp3) is 0.222. The molecule has 0 aliphatic heterocycles. The van der Waals surface area contributed by atoms with Gasteiger partial charge in [0.25, 0.3) is 0 Å². The summed E-state index contributed by atoms with van der Waals surface area (Å²) in [6.45, 7) is 1.29. The van der Waals surface area contributed by atoms with Crippen molar-refractivity contribution in [2.75, 3.05) is 31.4 Å². The first-order valence-electron chi connectivity index (χ1n) is 7.51. The van der Waals surface area contributed by atoms with E-state index in [1.165, 1.54) is 33.3 Å². The minimum atomic E-state index is -0.566. The van der Waals surface area contributed by atoms with Crippen molar-refractivity contribution in [3.8, 4) is 11.5 Å². The number of nitrogens with one attached hydrogen (secondary N) is 2. The third-order valence-corrected chi connectivity index (χ3v) is 3.47. The highest BCUT2D eigenvalue weighted by molar-refractivity contribution is 5.98. The first-order chi connectivity index (χ1) is 11.9. The highest BCUT2D eigenvalue weighted by Crippen LogP contribution is 2.32. The molecule has 132 valence electrons. The molecule has 0 saturated heterocycles. The van der Waals surface area contributed by atoms with Crippen LogP contribution < -0.4 is 20.1 Å². The quantitative estimate of drug-likeness (QED) is 0.754. The van der Waals surface area contributed by atoms with E-state index in [0.29, 0.717) is 17.0 Å². The van der Waals surface area contributed by atoms with E-state index in [2.05, 4.69) is 10.6 Å². The highest BCUT2D eigenvalue weighted by Gasteiger charge is 2.12. The number of hydrogen-bond acceptors (Lipinski definition) is 5. The maximum atomic E-state index is 14.0. The van der Waals surface area contributed by atoms with Gasteiger partial charge in [-0.2, -0.15) is 0 Å². The number of hydrogen-bond donors (Lipinski definition) is 2. The van der Waals surface area contributed by atoms with Crippen LogP contribution >= 0.6 is 0 Å². The Hall–Kier alpha value is -3.09. The van der Waals surface area contributed by atoms with Gasteiger partial charge in [-0.3, -0.25) is 9.59 Å². The first-order valence-corrected chi connectivity index (χ1v) is 7.51. The molecular weight excluding hydrogens is 327 g/mol. The summed E-state index contributed by atoms with van der Waals surface area (Å²) < 4.78 is 24.1. The molecule has 2 aromatic carbocycles. The molecule has 0 saturated carbocycles. The van der Waals surface area contributed by atoms with Crippen molar-refractivity contribution in [1.29, 1.82) is 0 Å². The molecule has 0 fully saturated rings. The van der Waals surface area contributed by atoms with E-state index in [9.17, 15) is 14.0 Å². The van der Waals surface area contributed by atoms with Gasteiger partial charge in [-0.1, -0.05) is 12.1 Å². The molecule has 0 aromatic heterocycles. The average molecular weight is 346 g/mol. The van der Waals surface area contributed by atoms with Crippen LogP contribution in [-0.4, -0.2) is 32.5 Å². The minimum absolute atomic E-state index is 0.0957. The summed E-state index contributed by atoms with van der Waals surface area (Å²) in [6.07, 6.45) is 0. The summed E-state index contributed by atoms with van der Waals surface area (Å²) in [4.78, 5) is 23.4. The molecule has 7 heteroatoms. The third kappa shape index (κ3) is 4.69. The molecule has 25 heavy (non-hydrogen) atoms. The Morgan fingerprint density at radius 2 is 1.76 bits per heavy atom. The molecule has 0 aliphatic carbocycles. The van der Waals surface area contributed by atoms with E-state index in [1.807, 2.05) is 0 Å². The number of ketones is 1. The Balaban J connectivity index is 2.03. The molecule has 0 radical (unpaired) electrons. The van der Waals surface area contributed by atoms with Gasteiger partial charge in [0, 0.05) is 23.4 Å². The second-order valence-electron chi connectivity index (χ2n) is 5.23. The van der Waals surface area contributed by atoms with E-state index in [4.69, 9.17) is 9.47 Å². The molecule has 0 bridgehead atoms. The number of benzene rings is 2. The van der Waals surface area contributed by atoms with Crippen LogP contribution in [0.4, 0.5) is 15.8 Å². The van der Waals surface area contributed by atoms with Crippen molar-refractivity contribution in [3.05, 3.63) is 47.8 Å². The number of ether oxygens (including phenoxy) is 2. The van der Waals surface area contributed by atoms with Gasteiger partial charge >= 0.3 is 0 Å². The van der Waals surface area contributed by atoms with E-state index in [1.54, 1.807) is 24.3 Å². The molecule has 0 spiro atoms. The number of anilines is 2. The average Bonchev–Trinajstić information content (AvgIpc) is 2.60. The van der Waals surface area contributed by atoms with Crippen LogP contribution in [0.1, 0.15) is 17.3 Å². The third-order valence-electron chi connectivity index (χ3n) is 3.47. The van der Waals surface area contributed by atoms with Gasteiger partial charge in [0.1, 0.15) is 5.82 Å². The number of methoxy groups -OCH3 is 2. The molecule has 2 aromatic rings. The van der Waals surface area contributed by atoms with Gasteiger partial charge in [-0.25, -0.2) is 4.39 Å². The second-order valence-corrected chi connectivity index (χ2v) is 5.23. The largest absolute Gasteiger partial charge is 0.493 e. The zero-order chi connectivity index (χ0) is 18.4. The van der Waals surface area contributed by atoms with E-state index < -0.39 is 5.82 Å². The molecule has 1 amide bonds. The summed E-state index contributed by atoms with van der Waals surface area (Å²) in [5.41, 5.74) is 1.11. The number of amides is 1. The Labute approximate surface area is 144 Å². The summed E-state index contributed by atoms with van der Waals surface area (Å²) in [5, 5.41) is 5.35. The lowest BCUT2D eigenvalue weighted by atomic mass is 10.1. The maximum Gasteiger partial charge on any atom is 0.243 e. The fourth-order valence-corrected chi connectivity index (χ4v) is 2.19. The van der Waals surface area contributed by atoms with E-state index >= 15 is 0 Å². The Kier molecular flexibility index (Phi) is 5.94. The topological polar surface area (TPSA) is 76.7 Å². The van der Waals surface area contributed by atoms with Crippen molar-refractivity contribution in [3.63, 3.8) is 0 Å². The van der Waals surface area contributed by atoms with Gasteiger partial charge in [-0.05, 0) is 19.1 Å². The van der Waals surface area contributed by atoms with Crippen molar-refractivity contribution in [1.82, 2.24) is 0 Å². The number of carbonyl (C=O) groups is 2. The molecule has 0 heterocycles. The van der Waals surface area contributed by atoms with Crippen LogP contribution in [-0.2, 0) is 4.79 Å². The van der Waals surface area contributed by atoms with Gasteiger partial charge in [0.05, 0.1) is 26.5 Å². The summed E-state index contributed by atoms with van der Waals surface area (Å²) in [5.74, 6) is -0.433. The maximum absolute atomic E-state index is 14.0. The molecule has 0 aliphatic rings. The predicted octanol–water partition coefficient (Wildman–Crippen LogP) is 3.10. The van der Waals surface area contributed by atoms with E-state index in [0.717, 1.165) is 0 Å². The van der Waals surface area contributed by atoms with Crippen LogP contribution in [0.3, 0.4) is 0 Å². The highest BCUT2D eigenvalue weighted by atomic mass is 19.1. The molecule has 0 unspecified atom stereocenters. The number of halogens is 1. The number of carbonyl (C=O) groups excluding carboxylic acids is 2. The lowest BCUT2D eigenvalue weighted by Crippen LogP contribution is -2.22. The van der Waals surface area contributed by atoms with Crippen molar-refractivity contribution in [2.24, 2.45) is 0 Å². The summed E-state index contributed by atoms with van der Waals surface area (Å²) in [7, 11) is 2.85. The van der Waals surface area contributed by atoms with Crippen LogP contribution in [0.15, 0.2) is 36.4 Å². The SMILES string of the molecule is COc1cc(F)c(NCC(=O)Nc2cccc(C(C)=O)c2)cc1OC. The van der Waals surface area contributed by atoms with Crippen LogP contribution in [0.5, 0.6) is 11.5 Å². The van der Waals surface area contributed by atoms with Gasteiger partial charge < -0.3 is 20.1 Å². The van der Waals surface area contributed by atoms with Crippen LogP contribution in [0, 0.1) is 5.82 Å². The summed E-state index contributed by atoms with van der Waals surface area (Å²) >= 11 is 0. The number of rotatable bonds is 7. The molecule has 2 N–H and O–H groups in total. The van der Waals surface area contributed by atoms with Crippen LogP contribution in [0.25, 0.3) is 0 Å².